The van der Waals surface area contributed by atoms with Gasteiger partial charge in [0, 0.05) is 15.6 Å². The maximum absolute atomic E-state index is 12.4. The molecule has 4 rings (SSSR count). The summed E-state index contributed by atoms with van der Waals surface area (Å²) < 4.78 is 0.943. The van der Waals surface area contributed by atoms with Gasteiger partial charge >= 0.3 is 0 Å². The molecule has 1 amide bonds. The van der Waals surface area contributed by atoms with Crippen molar-refractivity contribution in [2.24, 2.45) is 5.10 Å². The molecular weight excluding hydrogens is 368 g/mol. The van der Waals surface area contributed by atoms with Crippen molar-refractivity contribution in [3.05, 3.63) is 76.1 Å². The third kappa shape index (κ3) is 2.92. The van der Waals surface area contributed by atoms with Gasteiger partial charge in [-0.1, -0.05) is 60.1 Å². The van der Waals surface area contributed by atoms with Gasteiger partial charge in [-0.25, -0.2) is 5.43 Å². The fourth-order valence-electron chi connectivity index (χ4n) is 2.79. The van der Waals surface area contributed by atoms with Crippen molar-refractivity contribution in [3.8, 4) is 5.75 Å². The van der Waals surface area contributed by atoms with Gasteiger partial charge in [0.15, 0.2) is 0 Å². The minimum atomic E-state index is -0.382. The number of phenolic OH excluding ortho intramolecular Hbond substituents is 1. The fraction of sp³-hybridized carbons (Fsp3) is 0. The van der Waals surface area contributed by atoms with Crippen LogP contribution in [0.3, 0.4) is 0 Å². The second kappa shape index (κ2) is 6.78. The van der Waals surface area contributed by atoms with Crippen molar-refractivity contribution < 1.29 is 9.90 Å². The van der Waals surface area contributed by atoms with Gasteiger partial charge in [-0.3, -0.25) is 4.79 Å². The number of thiophene rings is 1. The standard InChI is InChI=1S/C20H13ClN2O2S/c21-18-14-7-3-4-8-17(14)26-19(18)20(25)23-22-11-15-13-6-2-1-5-12(13)9-10-16(15)24/h1-11,24H,(H,23,25)/b22-11+. The summed E-state index contributed by atoms with van der Waals surface area (Å²) >= 11 is 7.63. The highest BCUT2D eigenvalue weighted by molar-refractivity contribution is 7.21. The van der Waals surface area contributed by atoms with E-state index in [1.807, 2.05) is 54.6 Å². The van der Waals surface area contributed by atoms with Crippen LogP contribution < -0.4 is 5.43 Å². The Morgan fingerprint density at radius 3 is 2.58 bits per heavy atom. The van der Waals surface area contributed by atoms with E-state index in [9.17, 15) is 9.90 Å². The summed E-state index contributed by atoms with van der Waals surface area (Å²) in [5.41, 5.74) is 3.03. The first-order valence-electron chi connectivity index (χ1n) is 7.86. The molecule has 0 saturated carbocycles. The average molecular weight is 381 g/mol. The summed E-state index contributed by atoms with van der Waals surface area (Å²) in [5, 5.41) is 17.2. The number of nitrogens with one attached hydrogen (secondary N) is 1. The van der Waals surface area contributed by atoms with Gasteiger partial charge in [0.05, 0.1) is 11.2 Å². The topological polar surface area (TPSA) is 61.7 Å². The lowest BCUT2D eigenvalue weighted by molar-refractivity contribution is 0.0959. The van der Waals surface area contributed by atoms with Crippen LogP contribution in [0.15, 0.2) is 65.8 Å². The van der Waals surface area contributed by atoms with Crippen LogP contribution >= 0.6 is 22.9 Å². The number of halogens is 1. The molecule has 0 atom stereocenters. The molecule has 128 valence electrons. The predicted molar refractivity (Wildman–Crippen MR) is 108 cm³/mol. The highest BCUT2D eigenvalue weighted by Crippen LogP contribution is 2.35. The molecule has 0 saturated heterocycles. The molecule has 0 bridgehead atoms. The number of hydrazone groups is 1. The van der Waals surface area contributed by atoms with Crippen molar-refractivity contribution >= 4 is 55.9 Å². The lowest BCUT2D eigenvalue weighted by Gasteiger charge is -2.04. The normalized spacial score (nSPS) is 11.4. The highest BCUT2D eigenvalue weighted by Gasteiger charge is 2.16. The highest BCUT2D eigenvalue weighted by atomic mass is 35.5. The zero-order valence-electron chi connectivity index (χ0n) is 13.4. The number of nitrogens with zero attached hydrogens (tertiary/aromatic N) is 1. The molecule has 0 aliphatic carbocycles. The third-order valence-electron chi connectivity index (χ3n) is 4.05. The SMILES string of the molecule is O=C(N/N=C/c1c(O)ccc2ccccc12)c1sc2ccccc2c1Cl. The number of carbonyl (C=O) groups excluding carboxylic acids is 1. The molecule has 0 spiro atoms. The first-order chi connectivity index (χ1) is 12.6. The first-order valence-corrected chi connectivity index (χ1v) is 9.06. The Hall–Kier alpha value is -2.89. The van der Waals surface area contributed by atoms with E-state index < -0.39 is 0 Å². The molecule has 4 aromatic rings. The van der Waals surface area contributed by atoms with E-state index in [0.29, 0.717) is 15.5 Å². The minimum Gasteiger partial charge on any atom is -0.507 e. The Kier molecular flexibility index (Phi) is 4.32. The number of aromatic hydroxyl groups is 1. The Labute approximate surface area is 158 Å². The van der Waals surface area contributed by atoms with Gasteiger partial charge in [0.25, 0.3) is 5.91 Å². The number of amides is 1. The van der Waals surface area contributed by atoms with Gasteiger partial charge in [-0.2, -0.15) is 5.10 Å². The molecule has 26 heavy (non-hydrogen) atoms. The van der Waals surface area contributed by atoms with Crippen LogP contribution in [0.25, 0.3) is 20.9 Å². The number of benzene rings is 3. The molecule has 0 unspecified atom stereocenters. The first kappa shape index (κ1) is 16.6. The number of fused-ring (bicyclic) bond motifs is 2. The fourth-order valence-corrected chi connectivity index (χ4v) is 4.19. The van der Waals surface area contributed by atoms with Crippen molar-refractivity contribution in [1.82, 2.24) is 5.43 Å². The number of rotatable bonds is 3. The van der Waals surface area contributed by atoms with Gasteiger partial charge in [-0.05, 0) is 22.9 Å². The summed E-state index contributed by atoms with van der Waals surface area (Å²) in [4.78, 5) is 12.8. The molecule has 2 N–H and O–H groups in total. The predicted octanol–water partition coefficient (Wildman–Crippen LogP) is 5.18. The van der Waals surface area contributed by atoms with Crippen molar-refractivity contribution in [2.45, 2.75) is 0 Å². The van der Waals surface area contributed by atoms with Crippen LogP contribution in [0, 0.1) is 0 Å². The molecule has 6 heteroatoms. The summed E-state index contributed by atoms with van der Waals surface area (Å²) in [5.74, 6) is -0.284. The van der Waals surface area contributed by atoms with Gasteiger partial charge in [-0.15, -0.1) is 11.3 Å². The molecule has 0 radical (unpaired) electrons. The van der Waals surface area contributed by atoms with Gasteiger partial charge in [0.1, 0.15) is 10.6 Å². The van der Waals surface area contributed by atoms with Crippen LogP contribution in [0.5, 0.6) is 5.75 Å². The van der Waals surface area contributed by atoms with Crippen LogP contribution in [-0.2, 0) is 0 Å². The van der Waals surface area contributed by atoms with Crippen LogP contribution in [0.2, 0.25) is 5.02 Å². The van der Waals surface area contributed by atoms with Gasteiger partial charge in [0.2, 0.25) is 0 Å². The quantitative estimate of drug-likeness (QED) is 0.380. The largest absolute Gasteiger partial charge is 0.507 e. The molecule has 4 nitrogen and oxygen atoms in total. The van der Waals surface area contributed by atoms with E-state index in [1.165, 1.54) is 17.6 Å². The maximum atomic E-state index is 12.4. The van der Waals surface area contributed by atoms with E-state index in [1.54, 1.807) is 6.07 Å². The summed E-state index contributed by atoms with van der Waals surface area (Å²) in [6.07, 6.45) is 1.44. The number of phenols is 1. The van der Waals surface area contributed by atoms with Crippen LogP contribution in [-0.4, -0.2) is 17.2 Å². The molecular formula is C20H13ClN2O2S. The molecule has 0 aliphatic heterocycles. The summed E-state index contributed by atoms with van der Waals surface area (Å²) in [6.45, 7) is 0. The number of hydrogen-bond acceptors (Lipinski definition) is 4. The second-order valence-electron chi connectivity index (χ2n) is 5.66. The summed E-state index contributed by atoms with van der Waals surface area (Å²) in [6, 6.07) is 18.7. The third-order valence-corrected chi connectivity index (χ3v) is 5.72. The van der Waals surface area contributed by atoms with Gasteiger partial charge < -0.3 is 5.11 Å². The Morgan fingerprint density at radius 2 is 1.77 bits per heavy atom. The number of carbonyl (C=O) groups is 1. The van der Waals surface area contributed by atoms with Crippen molar-refractivity contribution in [3.63, 3.8) is 0 Å². The second-order valence-corrected chi connectivity index (χ2v) is 7.09. The monoisotopic (exact) mass is 380 g/mol. The Balaban J connectivity index is 1.62. The van der Waals surface area contributed by atoms with Crippen LogP contribution in [0.1, 0.15) is 15.2 Å². The average Bonchev–Trinajstić information content (AvgIpc) is 3.00. The lowest BCUT2D eigenvalue weighted by Crippen LogP contribution is -2.16. The van der Waals surface area contributed by atoms with E-state index in [4.69, 9.17) is 11.6 Å². The maximum Gasteiger partial charge on any atom is 0.283 e. The van der Waals surface area contributed by atoms with E-state index >= 15 is 0 Å². The van der Waals surface area contributed by atoms with Crippen molar-refractivity contribution in [2.75, 3.05) is 0 Å². The lowest BCUT2D eigenvalue weighted by atomic mass is 10.0. The number of hydrogen-bond donors (Lipinski definition) is 2. The molecule has 3 aromatic carbocycles. The zero-order chi connectivity index (χ0) is 18.1. The summed E-state index contributed by atoms with van der Waals surface area (Å²) in [7, 11) is 0. The van der Waals surface area contributed by atoms with E-state index in [-0.39, 0.29) is 11.7 Å². The zero-order valence-corrected chi connectivity index (χ0v) is 15.0. The van der Waals surface area contributed by atoms with E-state index in [0.717, 1.165) is 20.9 Å². The Bertz CT molecular complexity index is 1170. The van der Waals surface area contributed by atoms with E-state index in [2.05, 4.69) is 10.5 Å². The molecule has 1 heterocycles. The Morgan fingerprint density at radius 1 is 1.04 bits per heavy atom. The van der Waals surface area contributed by atoms with Crippen molar-refractivity contribution in [1.29, 1.82) is 0 Å². The van der Waals surface area contributed by atoms with Crippen LogP contribution in [0.4, 0.5) is 0 Å². The molecule has 0 fully saturated rings. The smallest absolute Gasteiger partial charge is 0.283 e. The molecule has 0 aliphatic rings. The minimum absolute atomic E-state index is 0.0987. The molecule has 1 aromatic heterocycles.